The molecule has 1 aromatic carbocycles. The Morgan fingerprint density at radius 1 is 1.29 bits per heavy atom. The van der Waals surface area contributed by atoms with Crippen molar-refractivity contribution in [3.05, 3.63) is 41.7 Å². The van der Waals surface area contributed by atoms with Gasteiger partial charge in [-0.2, -0.15) is 0 Å². The molecule has 21 heavy (non-hydrogen) atoms. The van der Waals surface area contributed by atoms with Crippen molar-refractivity contribution < 1.29 is 4.74 Å². The SMILES string of the molecule is COc1cccc(CN(C)c2ncnc(N)c2C(C)C)c1. The van der Waals surface area contributed by atoms with Gasteiger partial charge in [-0.15, -0.1) is 0 Å². The fraction of sp³-hybridized carbons (Fsp3) is 0.375. The average molecular weight is 286 g/mol. The highest BCUT2D eigenvalue weighted by Crippen LogP contribution is 2.29. The van der Waals surface area contributed by atoms with E-state index in [4.69, 9.17) is 10.5 Å². The van der Waals surface area contributed by atoms with Crippen molar-refractivity contribution in [2.45, 2.75) is 26.3 Å². The minimum Gasteiger partial charge on any atom is -0.497 e. The molecule has 0 spiro atoms. The Hall–Kier alpha value is -2.30. The second-order valence-corrected chi connectivity index (χ2v) is 5.36. The van der Waals surface area contributed by atoms with Gasteiger partial charge >= 0.3 is 0 Å². The fourth-order valence-corrected chi connectivity index (χ4v) is 2.38. The van der Waals surface area contributed by atoms with E-state index in [1.54, 1.807) is 7.11 Å². The van der Waals surface area contributed by atoms with Gasteiger partial charge in [0.15, 0.2) is 0 Å². The number of methoxy groups -OCH3 is 1. The van der Waals surface area contributed by atoms with Gasteiger partial charge in [-0.05, 0) is 23.6 Å². The van der Waals surface area contributed by atoms with E-state index in [2.05, 4.69) is 34.8 Å². The summed E-state index contributed by atoms with van der Waals surface area (Å²) in [6.07, 6.45) is 1.51. The second-order valence-electron chi connectivity index (χ2n) is 5.36. The predicted octanol–water partition coefficient (Wildman–Crippen LogP) is 2.83. The molecule has 0 saturated heterocycles. The summed E-state index contributed by atoms with van der Waals surface area (Å²) in [7, 11) is 3.68. The van der Waals surface area contributed by atoms with E-state index in [-0.39, 0.29) is 5.92 Å². The van der Waals surface area contributed by atoms with Crippen LogP contribution < -0.4 is 15.4 Å². The third kappa shape index (κ3) is 3.42. The number of benzene rings is 1. The minimum absolute atomic E-state index is 0.272. The summed E-state index contributed by atoms with van der Waals surface area (Å²) < 4.78 is 5.26. The smallest absolute Gasteiger partial charge is 0.137 e. The van der Waals surface area contributed by atoms with Crippen molar-refractivity contribution >= 4 is 11.6 Å². The molecular formula is C16H22N4O. The Morgan fingerprint density at radius 2 is 2.05 bits per heavy atom. The van der Waals surface area contributed by atoms with Crippen LogP contribution in [0.3, 0.4) is 0 Å². The highest BCUT2D eigenvalue weighted by Gasteiger charge is 2.16. The molecule has 2 rings (SSSR count). The van der Waals surface area contributed by atoms with Crippen LogP contribution in [0.2, 0.25) is 0 Å². The van der Waals surface area contributed by atoms with E-state index in [1.165, 1.54) is 6.33 Å². The molecule has 0 atom stereocenters. The normalized spacial score (nSPS) is 10.7. The largest absolute Gasteiger partial charge is 0.497 e. The third-order valence-corrected chi connectivity index (χ3v) is 3.39. The molecule has 112 valence electrons. The van der Waals surface area contributed by atoms with Gasteiger partial charge in [0.2, 0.25) is 0 Å². The van der Waals surface area contributed by atoms with Crippen molar-refractivity contribution in [3.63, 3.8) is 0 Å². The molecule has 0 bridgehead atoms. The fourth-order valence-electron chi connectivity index (χ4n) is 2.38. The molecule has 0 fully saturated rings. The zero-order valence-electron chi connectivity index (χ0n) is 13.0. The van der Waals surface area contributed by atoms with Gasteiger partial charge in [-0.1, -0.05) is 26.0 Å². The van der Waals surface area contributed by atoms with Crippen molar-refractivity contribution in [2.24, 2.45) is 0 Å². The molecule has 0 saturated carbocycles. The molecule has 2 aromatic rings. The molecule has 0 unspecified atom stereocenters. The summed E-state index contributed by atoms with van der Waals surface area (Å²) in [6, 6.07) is 8.01. The molecule has 0 aliphatic rings. The summed E-state index contributed by atoms with van der Waals surface area (Å²) in [5.74, 6) is 2.55. The zero-order chi connectivity index (χ0) is 15.4. The average Bonchev–Trinajstić information content (AvgIpc) is 2.46. The number of nitrogen functional groups attached to an aromatic ring is 1. The number of rotatable bonds is 5. The Labute approximate surface area is 125 Å². The first-order valence-corrected chi connectivity index (χ1v) is 6.97. The van der Waals surface area contributed by atoms with Crippen molar-refractivity contribution in [1.29, 1.82) is 0 Å². The van der Waals surface area contributed by atoms with Gasteiger partial charge in [0, 0.05) is 19.2 Å². The topological polar surface area (TPSA) is 64.3 Å². The van der Waals surface area contributed by atoms with Crippen LogP contribution in [0.15, 0.2) is 30.6 Å². The van der Waals surface area contributed by atoms with Gasteiger partial charge in [-0.3, -0.25) is 0 Å². The van der Waals surface area contributed by atoms with Gasteiger partial charge in [0.25, 0.3) is 0 Å². The second kappa shape index (κ2) is 6.43. The third-order valence-electron chi connectivity index (χ3n) is 3.39. The molecule has 5 nitrogen and oxygen atoms in total. The summed E-state index contributed by atoms with van der Waals surface area (Å²) in [5.41, 5.74) is 8.15. The maximum Gasteiger partial charge on any atom is 0.137 e. The van der Waals surface area contributed by atoms with Gasteiger partial charge in [0.05, 0.1) is 7.11 Å². The highest BCUT2D eigenvalue weighted by atomic mass is 16.5. The minimum atomic E-state index is 0.272. The lowest BCUT2D eigenvalue weighted by Crippen LogP contribution is -2.21. The maximum atomic E-state index is 6.00. The summed E-state index contributed by atoms with van der Waals surface area (Å²) >= 11 is 0. The lowest BCUT2D eigenvalue weighted by molar-refractivity contribution is 0.414. The van der Waals surface area contributed by atoms with Crippen LogP contribution in [0, 0.1) is 0 Å². The monoisotopic (exact) mass is 286 g/mol. The van der Waals surface area contributed by atoms with Crippen LogP contribution in [0.25, 0.3) is 0 Å². The van der Waals surface area contributed by atoms with Crippen molar-refractivity contribution in [1.82, 2.24) is 9.97 Å². The number of aromatic nitrogens is 2. The van der Waals surface area contributed by atoms with Gasteiger partial charge < -0.3 is 15.4 Å². The maximum absolute atomic E-state index is 6.00. The van der Waals surface area contributed by atoms with Crippen LogP contribution in [-0.2, 0) is 6.54 Å². The van der Waals surface area contributed by atoms with Crippen molar-refractivity contribution in [3.8, 4) is 5.75 Å². The Bertz CT molecular complexity index is 613. The van der Waals surface area contributed by atoms with Crippen LogP contribution in [-0.4, -0.2) is 24.1 Å². The molecule has 0 aliphatic heterocycles. The first-order valence-electron chi connectivity index (χ1n) is 6.97. The number of hydrogen-bond acceptors (Lipinski definition) is 5. The standard InChI is InChI=1S/C16H22N4O/c1-11(2)14-15(17)18-10-19-16(14)20(3)9-12-6-5-7-13(8-12)21-4/h5-8,10-11H,9H2,1-4H3,(H2,17,18,19). The van der Waals surface area contributed by atoms with Crippen molar-refractivity contribution in [2.75, 3.05) is 24.8 Å². The quantitative estimate of drug-likeness (QED) is 0.915. The van der Waals surface area contributed by atoms with E-state index in [0.29, 0.717) is 5.82 Å². The van der Waals surface area contributed by atoms with Crippen LogP contribution >= 0.6 is 0 Å². The van der Waals surface area contributed by atoms with E-state index < -0.39 is 0 Å². The number of nitrogens with zero attached hydrogens (tertiary/aromatic N) is 3. The lowest BCUT2D eigenvalue weighted by atomic mass is 10.0. The molecule has 0 radical (unpaired) electrons. The van der Waals surface area contributed by atoms with E-state index >= 15 is 0 Å². The van der Waals surface area contributed by atoms with E-state index in [0.717, 1.165) is 29.2 Å². The summed E-state index contributed by atoms with van der Waals surface area (Å²) in [4.78, 5) is 10.6. The molecule has 1 heterocycles. The first kappa shape index (κ1) is 15.1. The van der Waals surface area contributed by atoms with Crippen LogP contribution in [0.4, 0.5) is 11.6 Å². The van der Waals surface area contributed by atoms with Crippen LogP contribution in [0.1, 0.15) is 30.9 Å². The predicted molar refractivity (Wildman–Crippen MR) is 85.6 cm³/mol. The number of ether oxygens (including phenoxy) is 1. The molecule has 1 aromatic heterocycles. The highest BCUT2D eigenvalue weighted by molar-refractivity contribution is 5.58. The first-order chi connectivity index (χ1) is 10.0. The Balaban J connectivity index is 2.28. The number of nitrogens with two attached hydrogens (primary N) is 1. The Kier molecular flexibility index (Phi) is 4.62. The summed E-state index contributed by atoms with van der Waals surface area (Å²) in [6.45, 7) is 4.92. The lowest BCUT2D eigenvalue weighted by Gasteiger charge is -2.23. The Morgan fingerprint density at radius 3 is 2.71 bits per heavy atom. The molecular weight excluding hydrogens is 264 g/mol. The van der Waals surface area contributed by atoms with Crippen LogP contribution in [0.5, 0.6) is 5.75 Å². The van der Waals surface area contributed by atoms with E-state index in [1.807, 2.05) is 25.2 Å². The van der Waals surface area contributed by atoms with E-state index in [9.17, 15) is 0 Å². The summed E-state index contributed by atoms with van der Waals surface area (Å²) in [5, 5.41) is 0. The molecule has 5 heteroatoms. The molecule has 0 aliphatic carbocycles. The molecule has 2 N–H and O–H groups in total. The van der Waals surface area contributed by atoms with Gasteiger partial charge in [-0.25, -0.2) is 9.97 Å². The molecule has 0 amide bonds. The number of anilines is 2. The van der Waals surface area contributed by atoms with Gasteiger partial charge in [0.1, 0.15) is 23.7 Å². The number of hydrogen-bond donors (Lipinski definition) is 1. The zero-order valence-corrected chi connectivity index (χ0v) is 13.0.